The Balaban J connectivity index is 2.39. The van der Waals surface area contributed by atoms with E-state index in [-0.39, 0.29) is 0 Å². The second kappa shape index (κ2) is 4.19. The molecule has 1 unspecified atom stereocenters. The van der Waals surface area contributed by atoms with Gasteiger partial charge in [-0.3, -0.25) is 14.6 Å². The maximum absolute atomic E-state index is 6.06. The van der Waals surface area contributed by atoms with Gasteiger partial charge in [0, 0.05) is 13.2 Å². The Labute approximate surface area is 98.3 Å². The van der Waals surface area contributed by atoms with Crippen molar-refractivity contribution >= 4 is 11.6 Å². The third-order valence-corrected chi connectivity index (χ3v) is 2.64. The first kappa shape index (κ1) is 11.0. The van der Waals surface area contributed by atoms with E-state index in [1.165, 1.54) is 0 Å². The van der Waals surface area contributed by atoms with E-state index in [0.717, 1.165) is 11.4 Å². The number of nitrogens with zero attached hydrogens (tertiary/aromatic N) is 4. The monoisotopic (exact) mass is 237 g/mol. The van der Waals surface area contributed by atoms with Gasteiger partial charge in [-0.05, 0) is 6.92 Å². The molecule has 2 rings (SSSR count). The van der Waals surface area contributed by atoms with Crippen molar-refractivity contribution in [1.29, 1.82) is 0 Å². The zero-order valence-corrected chi connectivity index (χ0v) is 9.81. The van der Waals surface area contributed by atoms with Crippen LogP contribution in [0.3, 0.4) is 0 Å². The third-order valence-electron chi connectivity index (χ3n) is 2.35. The maximum Gasteiger partial charge on any atom is 0.0927 e. The van der Waals surface area contributed by atoms with Crippen molar-refractivity contribution in [3.8, 4) is 0 Å². The van der Waals surface area contributed by atoms with Crippen LogP contribution in [-0.4, -0.2) is 19.7 Å². The SMILES string of the molecule is Cc1cnc(C(N)c2c(Cl)cnn2C)cn1. The lowest BCUT2D eigenvalue weighted by Crippen LogP contribution is -2.18. The summed E-state index contributed by atoms with van der Waals surface area (Å²) in [6.45, 7) is 1.87. The number of hydrogen-bond donors (Lipinski definition) is 1. The zero-order valence-electron chi connectivity index (χ0n) is 9.05. The quantitative estimate of drug-likeness (QED) is 0.853. The predicted molar refractivity (Wildman–Crippen MR) is 61.0 cm³/mol. The largest absolute Gasteiger partial charge is 0.318 e. The summed E-state index contributed by atoms with van der Waals surface area (Å²) in [6, 6.07) is -0.409. The Hall–Kier alpha value is -1.46. The minimum absolute atomic E-state index is 0.409. The second-order valence-electron chi connectivity index (χ2n) is 3.56. The lowest BCUT2D eigenvalue weighted by atomic mass is 10.1. The molecule has 6 heteroatoms. The first-order valence-corrected chi connectivity index (χ1v) is 5.19. The summed E-state index contributed by atoms with van der Waals surface area (Å²) in [5.74, 6) is 0. The molecule has 5 nitrogen and oxygen atoms in total. The van der Waals surface area contributed by atoms with Crippen molar-refractivity contribution < 1.29 is 0 Å². The van der Waals surface area contributed by atoms with E-state index >= 15 is 0 Å². The summed E-state index contributed by atoms with van der Waals surface area (Å²) in [6.07, 6.45) is 4.90. The van der Waals surface area contributed by atoms with Gasteiger partial charge in [-0.2, -0.15) is 5.10 Å². The molecule has 0 fully saturated rings. The van der Waals surface area contributed by atoms with E-state index in [4.69, 9.17) is 17.3 Å². The number of hydrogen-bond acceptors (Lipinski definition) is 4. The summed E-state index contributed by atoms with van der Waals surface area (Å²) in [5.41, 5.74) is 8.33. The van der Waals surface area contributed by atoms with Crippen molar-refractivity contribution in [1.82, 2.24) is 19.7 Å². The summed E-state index contributed by atoms with van der Waals surface area (Å²) >= 11 is 6.01. The van der Waals surface area contributed by atoms with Gasteiger partial charge in [-0.15, -0.1) is 0 Å². The minimum atomic E-state index is -0.409. The molecule has 0 spiro atoms. The van der Waals surface area contributed by atoms with Crippen LogP contribution in [0, 0.1) is 6.92 Å². The standard InChI is InChI=1S/C10H12ClN5/c1-6-3-14-8(5-13-6)9(12)10-7(11)4-15-16(10)2/h3-5,9H,12H2,1-2H3. The second-order valence-corrected chi connectivity index (χ2v) is 3.97. The van der Waals surface area contributed by atoms with E-state index in [1.807, 2.05) is 6.92 Å². The number of aryl methyl sites for hydroxylation is 2. The maximum atomic E-state index is 6.06. The van der Waals surface area contributed by atoms with Gasteiger partial charge in [-0.25, -0.2) is 0 Å². The topological polar surface area (TPSA) is 69.6 Å². The van der Waals surface area contributed by atoms with Gasteiger partial charge in [0.2, 0.25) is 0 Å². The Bertz CT molecular complexity index is 471. The molecule has 0 aliphatic rings. The van der Waals surface area contributed by atoms with Crippen molar-refractivity contribution in [2.45, 2.75) is 13.0 Å². The van der Waals surface area contributed by atoms with Gasteiger partial charge in [0.25, 0.3) is 0 Å². The Kier molecular flexibility index (Phi) is 2.89. The molecule has 0 radical (unpaired) electrons. The van der Waals surface area contributed by atoms with Crippen LogP contribution in [0.5, 0.6) is 0 Å². The van der Waals surface area contributed by atoms with E-state index in [2.05, 4.69) is 15.1 Å². The Morgan fingerprint density at radius 2 is 2.06 bits per heavy atom. The minimum Gasteiger partial charge on any atom is -0.318 e. The van der Waals surface area contributed by atoms with Crippen LogP contribution in [0.25, 0.3) is 0 Å². The molecule has 2 aromatic rings. The van der Waals surface area contributed by atoms with Crippen LogP contribution in [-0.2, 0) is 7.05 Å². The number of halogens is 1. The highest BCUT2D eigenvalue weighted by Crippen LogP contribution is 2.24. The van der Waals surface area contributed by atoms with Gasteiger partial charge in [0.15, 0.2) is 0 Å². The lowest BCUT2D eigenvalue weighted by Gasteiger charge is -2.11. The zero-order chi connectivity index (χ0) is 11.7. The Morgan fingerprint density at radius 1 is 1.31 bits per heavy atom. The van der Waals surface area contributed by atoms with E-state index < -0.39 is 6.04 Å². The van der Waals surface area contributed by atoms with Crippen LogP contribution in [0.15, 0.2) is 18.6 Å². The molecular formula is C10H12ClN5. The van der Waals surface area contributed by atoms with E-state index in [1.54, 1.807) is 30.3 Å². The molecule has 1 atom stereocenters. The van der Waals surface area contributed by atoms with Crippen molar-refractivity contribution in [2.75, 3.05) is 0 Å². The van der Waals surface area contributed by atoms with Crippen molar-refractivity contribution in [3.05, 3.63) is 40.7 Å². The van der Waals surface area contributed by atoms with Crippen molar-refractivity contribution in [2.24, 2.45) is 12.8 Å². The van der Waals surface area contributed by atoms with Crippen LogP contribution in [0.1, 0.15) is 23.1 Å². The molecule has 0 amide bonds. The van der Waals surface area contributed by atoms with Crippen LogP contribution < -0.4 is 5.73 Å². The van der Waals surface area contributed by atoms with Crippen LogP contribution in [0.2, 0.25) is 5.02 Å². The molecule has 16 heavy (non-hydrogen) atoms. The molecule has 84 valence electrons. The molecule has 0 bridgehead atoms. The number of rotatable bonds is 2. The van der Waals surface area contributed by atoms with Gasteiger partial charge >= 0.3 is 0 Å². The molecular weight excluding hydrogens is 226 g/mol. The smallest absolute Gasteiger partial charge is 0.0927 e. The number of aromatic nitrogens is 4. The van der Waals surface area contributed by atoms with E-state index in [9.17, 15) is 0 Å². The highest BCUT2D eigenvalue weighted by Gasteiger charge is 2.18. The van der Waals surface area contributed by atoms with Crippen molar-refractivity contribution in [3.63, 3.8) is 0 Å². The fourth-order valence-corrected chi connectivity index (χ4v) is 1.76. The molecule has 0 saturated carbocycles. The lowest BCUT2D eigenvalue weighted by molar-refractivity contribution is 0.661. The van der Waals surface area contributed by atoms with Gasteiger partial charge in [-0.1, -0.05) is 11.6 Å². The highest BCUT2D eigenvalue weighted by atomic mass is 35.5. The van der Waals surface area contributed by atoms with Crippen LogP contribution >= 0.6 is 11.6 Å². The molecule has 0 aliphatic carbocycles. The van der Waals surface area contributed by atoms with Gasteiger partial charge in [0.05, 0.1) is 40.5 Å². The molecule has 0 saturated heterocycles. The molecule has 2 N–H and O–H groups in total. The highest BCUT2D eigenvalue weighted by molar-refractivity contribution is 6.31. The third kappa shape index (κ3) is 1.91. The molecule has 0 aliphatic heterocycles. The number of nitrogens with two attached hydrogens (primary N) is 1. The fourth-order valence-electron chi connectivity index (χ4n) is 1.47. The Morgan fingerprint density at radius 3 is 2.56 bits per heavy atom. The molecule has 2 aromatic heterocycles. The summed E-state index contributed by atoms with van der Waals surface area (Å²) in [4.78, 5) is 8.38. The first-order valence-electron chi connectivity index (χ1n) is 4.81. The first-order chi connectivity index (χ1) is 7.59. The van der Waals surface area contributed by atoms with Gasteiger partial charge in [0.1, 0.15) is 0 Å². The molecule has 2 heterocycles. The average molecular weight is 238 g/mol. The normalized spacial score (nSPS) is 12.8. The van der Waals surface area contributed by atoms with E-state index in [0.29, 0.717) is 10.7 Å². The fraction of sp³-hybridized carbons (Fsp3) is 0.300. The van der Waals surface area contributed by atoms with Gasteiger partial charge < -0.3 is 5.73 Å². The summed E-state index contributed by atoms with van der Waals surface area (Å²) in [7, 11) is 1.79. The van der Waals surface area contributed by atoms with Crippen LogP contribution in [0.4, 0.5) is 0 Å². The summed E-state index contributed by atoms with van der Waals surface area (Å²) in [5, 5.41) is 4.58. The molecule has 0 aromatic carbocycles. The average Bonchev–Trinajstić information content (AvgIpc) is 2.59. The predicted octanol–water partition coefficient (Wildman–Crippen LogP) is 1.22. The summed E-state index contributed by atoms with van der Waals surface area (Å²) < 4.78 is 1.65.